The molecule has 0 unspecified atom stereocenters. The van der Waals surface area contributed by atoms with Crippen LogP contribution in [0.3, 0.4) is 0 Å². The van der Waals surface area contributed by atoms with E-state index in [2.05, 4.69) is 169 Å². The van der Waals surface area contributed by atoms with Crippen LogP contribution in [0.4, 0.5) is 5.69 Å². The minimum absolute atomic E-state index is 0.0369. The number of rotatable bonds is 4. The Balaban J connectivity index is 1.49. The zero-order chi connectivity index (χ0) is 31.9. The normalized spacial score (nSPS) is 12.0. The second-order valence-corrected chi connectivity index (χ2v) is 14.1. The van der Waals surface area contributed by atoms with Gasteiger partial charge in [0.05, 0.1) is 0 Å². The van der Waals surface area contributed by atoms with Gasteiger partial charge in [-0.3, -0.25) is 0 Å². The first kappa shape index (κ1) is 28.4. The first-order chi connectivity index (χ1) is 23.8. The third kappa shape index (κ3) is 5.09. The van der Waals surface area contributed by atoms with Gasteiger partial charge in [0.25, 0.3) is 0 Å². The number of aromatic amines is 1. The number of benzene rings is 4. The number of nitrogens with zero attached hydrogens (tertiary/aromatic N) is 2. The zero-order valence-corrected chi connectivity index (χ0v) is 27.7. The second kappa shape index (κ2) is 12.1. The molecular weight excluding hydrogens is 649 g/mol. The van der Waals surface area contributed by atoms with E-state index < -0.39 is 0 Å². The number of nitrogens with one attached hydrogen (secondary N) is 1. The first-order valence-electron chi connectivity index (χ1n) is 16.1. The van der Waals surface area contributed by atoms with Crippen LogP contribution in [0.1, 0.15) is 17.0 Å². The van der Waals surface area contributed by atoms with Gasteiger partial charge in [-0.25, -0.2) is 0 Å². The average molecular weight is 679 g/mol. The second-order valence-electron chi connectivity index (χ2n) is 11.9. The summed E-state index contributed by atoms with van der Waals surface area (Å²) in [6, 6.07) is 53.9. The zero-order valence-electron chi connectivity index (χ0n) is 26.0. The third-order valence-corrected chi connectivity index (χ3v) is 11.3. The van der Waals surface area contributed by atoms with Gasteiger partial charge in [-0.05, 0) is 0 Å². The van der Waals surface area contributed by atoms with E-state index in [-0.39, 0.29) is 14.5 Å². The molecule has 5 heterocycles. The molecule has 3 aromatic heterocycles. The molecular formula is C44H29N3Se. The Labute approximate surface area is 285 Å². The van der Waals surface area contributed by atoms with Gasteiger partial charge in [-0.15, -0.1) is 0 Å². The number of aliphatic imine (C=N–C) groups is 1. The van der Waals surface area contributed by atoms with Crippen molar-refractivity contribution in [1.82, 2.24) is 9.97 Å². The Morgan fingerprint density at radius 2 is 0.896 bits per heavy atom. The molecule has 0 aliphatic carbocycles. The molecule has 0 saturated heterocycles. The van der Waals surface area contributed by atoms with E-state index in [0.29, 0.717) is 0 Å². The van der Waals surface area contributed by atoms with Crippen LogP contribution in [-0.4, -0.2) is 30.7 Å². The summed E-state index contributed by atoms with van der Waals surface area (Å²) in [5.74, 6) is 0. The fourth-order valence-electron chi connectivity index (χ4n) is 6.74. The van der Waals surface area contributed by atoms with Crippen LogP contribution < -0.4 is 0 Å². The van der Waals surface area contributed by atoms with Crippen molar-refractivity contribution in [2.24, 2.45) is 4.99 Å². The summed E-state index contributed by atoms with van der Waals surface area (Å²) in [7, 11) is 0. The molecule has 8 bridgehead atoms. The molecule has 1 N–H and O–H groups in total. The van der Waals surface area contributed by atoms with Gasteiger partial charge in [-0.1, -0.05) is 0 Å². The van der Waals surface area contributed by atoms with Crippen molar-refractivity contribution in [1.29, 1.82) is 0 Å². The molecule has 48 heavy (non-hydrogen) atoms. The van der Waals surface area contributed by atoms with Crippen molar-refractivity contribution < 1.29 is 0 Å². The number of hydrogen-bond acceptors (Lipinski definition) is 2. The van der Waals surface area contributed by atoms with Crippen LogP contribution in [0.5, 0.6) is 0 Å². The molecule has 4 aromatic carbocycles. The van der Waals surface area contributed by atoms with Gasteiger partial charge in [-0.2, -0.15) is 0 Å². The van der Waals surface area contributed by atoms with Crippen molar-refractivity contribution in [2.75, 3.05) is 0 Å². The summed E-state index contributed by atoms with van der Waals surface area (Å²) >= 11 is 0.0369. The van der Waals surface area contributed by atoms with Crippen LogP contribution in [0.2, 0.25) is 0 Å². The number of fused-ring (bicyclic) bond motifs is 8. The summed E-state index contributed by atoms with van der Waals surface area (Å²) in [4.78, 5) is 14.3. The molecule has 0 radical (unpaired) electrons. The summed E-state index contributed by atoms with van der Waals surface area (Å²) in [5, 5.41) is 0. The fraction of sp³-hybridized carbons (Fsp3) is 0. The molecule has 7 aromatic rings. The number of aromatic nitrogens is 2. The van der Waals surface area contributed by atoms with E-state index in [0.717, 1.165) is 55.9 Å². The SMILES string of the molecule is C1=Cc2nc1c(-c1ccccc1)c1cc(c(-c3ccccc3)c3ccc([nH]3)c(-c3ccccc3)c3ccc([se]3)c2-c2ccccc2)C=N1. The van der Waals surface area contributed by atoms with Crippen molar-refractivity contribution in [3.8, 4) is 44.5 Å². The topological polar surface area (TPSA) is 41.0 Å². The van der Waals surface area contributed by atoms with E-state index in [1.54, 1.807) is 0 Å². The fourth-order valence-corrected chi connectivity index (χ4v) is 9.18. The molecule has 0 fully saturated rings. The summed E-state index contributed by atoms with van der Waals surface area (Å²) in [5.41, 5.74) is 15.2. The molecule has 4 heteroatoms. The molecule has 2 aliphatic heterocycles. The van der Waals surface area contributed by atoms with E-state index in [1.807, 2.05) is 6.21 Å². The summed E-state index contributed by atoms with van der Waals surface area (Å²) in [6.45, 7) is 0. The van der Waals surface area contributed by atoms with Crippen LogP contribution in [-0.2, 0) is 0 Å². The maximum absolute atomic E-state index is 5.38. The van der Waals surface area contributed by atoms with Crippen LogP contribution in [0.15, 0.2) is 157 Å². The monoisotopic (exact) mass is 679 g/mol. The first-order valence-corrected chi connectivity index (χ1v) is 17.8. The van der Waals surface area contributed by atoms with Gasteiger partial charge in [0.2, 0.25) is 0 Å². The van der Waals surface area contributed by atoms with E-state index in [9.17, 15) is 0 Å². The Morgan fingerprint density at radius 1 is 0.438 bits per heavy atom. The van der Waals surface area contributed by atoms with E-state index in [1.165, 1.54) is 30.8 Å². The van der Waals surface area contributed by atoms with E-state index in [4.69, 9.17) is 9.98 Å². The molecule has 3 nitrogen and oxygen atoms in total. The van der Waals surface area contributed by atoms with Gasteiger partial charge in [0, 0.05) is 0 Å². The summed E-state index contributed by atoms with van der Waals surface area (Å²) < 4.78 is 2.65. The molecule has 0 atom stereocenters. The number of hydrogen-bond donors (Lipinski definition) is 1. The van der Waals surface area contributed by atoms with Crippen LogP contribution in [0.25, 0.3) is 76.2 Å². The molecule has 2 aliphatic rings. The Morgan fingerprint density at radius 3 is 1.48 bits per heavy atom. The van der Waals surface area contributed by atoms with Gasteiger partial charge < -0.3 is 0 Å². The standard InChI is InChI=1S/C44H29N3Se/c1-5-13-29(14-6-1)41-33-27-38(45-28-33)42(30-15-7-2-8-16-30)35-22-24-37(47-35)44(32-19-11-4-12-20-32)40-26-25-39(48-40)43(31-17-9-3-10-18-31)36-23-21-34(41)46-36/h1-28,46H. The Kier molecular flexibility index (Phi) is 7.16. The van der Waals surface area contributed by atoms with Crippen molar-refractivity contribution in [2.45, 2.75) is 0 Å². The van der Waals surface area contributed by atoms with E-state index >= 15 is 0 Å². The van der Waals surface area contributed by atoms with Crippen molar-refractivity contribution in [3.05, 3.63) is 169 Å². The van der Waals surface area contributed by atoms with Crippen LogP contribution >= 0.6 is 0 Å². The quantitative estimate of drug-likeness (QED) is 0.185. The molecule has 0 saturated carbocycles. The number of H-pyrrole nitrogens is 1. The Hall–Kier alpha value is -5.80. The molecule has 0 amide bonds. The van der Waals surface area contributed by atoms with Crippen LogP contribution in [0, 0.1) is 0 Å². The third-order valence-electron chi connectivity index (χ3n) is 8.91. The van der Waals surface area contributed by atoms with Gasteiger partial charge >= 0.3 is 286 Å². The van der Waals surface area contributed by atoms with Crippen molar-refractivity contribution >= 4 is 58.1 Å². The molecule has 226 valence electrons. The molecule has 0 spiro atoms. The molecule has 9 rings (SSSR count). The Bertz CT molecular complexity index is 2390. The summed E-state index contributed by atoms with van der Waals surface area (Å²) in [6.07, 6.45) is 6.34. The van der Waals surface area contributed by atoms with Gasteiger partial charge in [0.1, 0.15) is 0 Å². The predicted octanol–water partition coefficient (Wildman–Crippen LogP) is 11.2. The maximum atomic E-state index is 5.38. The van der Waals surface area contributed by atoms with Gasteiger partial charge in [0.15, 0.2) is 0 Å². The minimum atomic E-state index is 0.0369. The predicted molar refractivity (Wildman–Crippen MR) is 204 cm³/mol. The van der Waals surface area contributed by atoms with Crippen molar-refractivity contribution in [3.63, 3.8) is 0 Å². The average Bonchev–Trinajstić information content (AvgIpc) is 3.98.